The smallest absolute Gasteiger partial charge is 0.179 e. The van der Waals surface area contributed by atoms with Crippen LogP contribution in [0.2, 0.25) is 5.02 Å². The predicted octanol–water partition coefficient (Wildman–Crippen LogP) is 2.05. The monoisotopic (exact) mass is 219 g/mol. The molecule has 0 saturated carbocycles. The second kappa shape index (κ2) is 3.85. The van der Waals surface area contributed by atoms with Crippen molar-refractivity contribution in [2.75, 3.05) is 11.6 Å². The molecule has 0 bridgehead atoms. The highest BCUT2D eigenvalue weighted by Gasteiger charge is 2.12. The zero-order chi connectivity index (χ0) is 10.0. The van der Waals surface area contributed by atoms with Gasteiger partial charge in [0.05, 0.1) is 16.6 Å². The van der Waals surface area contributed by atoms with Crippen molar-refractivity contribution in [2.24, 2.45) is 0 Å². The number of rotatable bonds is 2. The first kappa shape index (κ1) is 10.2. The summed E-state index contributed by atoms with van der Waals surface area (Å²) in [5.41, 5.74) is 5.74. The summed E-state index contributed by atoms with van der Waals surface area (Å²) in [7, 11) is 0. The number of carbonyl (C=O) groups is 1. The Balaban J connectivity index is 3.28. The van der Waals surface area contributed by atoms with Crippen molar-refractivity contribution in [2.45, 2.75) is 0 Å². The average Bonchev–Trinajstić information content (AvgIpc) is 2.10. The molecule has 3 N–H and O–H groups in total. The number of hydrogen-bond acceptors (Lipinski definition) is 3. The molecule has 0 aliphatic heterocycles. The minimum absolute atomic E-state index is 0.102. The van der Waals surface area contributed by atoms with Crippen LogP contribution in [0, 0.1) is 0 Å². The van der Waals surface area contributed by atoms with Gasteiger partial charge in [-0.25, -0.2) is 0 Å². The number of phenolic OH excluding ortho intramolecular Hbond substituents is 1. The molecule has 0 radical (unpaired) electrons. The molecule has 0 aliphatic rings. The third-order valence-electron chi connectivity index (χ3n) is 1.51. The van der Waals surface area contributed by atoms with E-state index in [0.29, 0.717) is 0 Å². The second-order valence-electron chi connectivity index (χ2n) is 2.45. The van der Waals surface area contributed by atoms with Gasteiger partial charge >= 0.3 is 0 Å². The third kappa shape index (κ3) is 2.05. The number of anilines is 1. The second-order valence-corrected chi connectivity index (χ2v) is 3.10. The fourth-order valence-electron chi connectivity index (χ4n) is 0.906. The predicted molar refractivity (Wildman–Crippen MR) is 52.6 cm³/mol. The van der Waals surface area contributed by atoms with E-state index >= 15 is 0 Å². The molecule has 1 rings (SSSR count). The number of aromatic hydroxyl groups is 1. The van der Waals surface area contributed by atoms with E-state index in [2.05, 4.69) is 0 Å². The number of hydrogen-bond donors (Lipinski definition) is 2. The molecule has 0 heterocycles. The van der Waals surface area contributed by atoms with Crippen LogP contribution in [0.25, 0.3) is 0 Å². The van der Waals surface area contributed by atoms with Gasteiger partial charge in [0.25, 0.3) is 0 Å². The molecule has 0 amide bonds. The van der Waals surface area contributed by atoms with Gasteiger partial charge in [-0.05, 0) is 6.07 Å². The van der Waals surface area contributed by atoms with Crippen LogP contribution in [0.3, 0.4) is 0 Å². The summed E-state index contributed by atoms with van der Waals surface area (Å²) < 4.78 is 0. The number of halogens is 2. The van der Waals surface area contributed by atoms with Crippen LogP contribution >= 0.6 is 23.2 Å². The highest BCUT2D eigenvalue weighted by Crippen LogP contribution is 2.28. The maximum Gasteiger partial charge on any atom is 0.179 e. The third-order valence-corrected chi connectivity index (χ3v) is 2.17. The van der Waals surface area contributed by atoms with E-state index in [0.717, 1.165) is 0 Å². The number of Topliss-reactive ketones (excluding diaryl/α,β-unsaturated/α-hetero) is 1. The number of nitrogens with two attached hydrogens (primary N) is 1. The van der Waals surface area contributed by atoms with Crippen LogP contribution in [0.4, 0.5) is 5.69 Å². The molecular weight excluding hydrogens is 213 g/mol. The summed E-state index contributed by atoms with van der Waals surface area (Å²) >= 11 is 11.1. The van der Waals surface area contributed by atoms with E-state index < -0.39 is 0 Å². The highest BCUT2D eigenvalue weighted by atomic mass is 35.5. The van der Waals surface area contributed by atoms with Gasteiger partial charge in [0.15, 0.2) is 5.78 Å². The molecular formula is C8H7Cl2NO2. The number of phenols is 1. The minimum atomic E-state index is -0.366. The molecule has 0 unspecified atom stereocenters. The topological polar surface area (TPSA) is 63.3 Å². The summed E-state index contributed by atoms with van der Waals surface area (Å²) in [5, 5.41) is 9.26. The van der Waals surface area contributed by atoms with Crippen LogP contribution in [-0.2, 0) is 0 Å². The number of ketones is 1. The molecule has 13 heavy (non-hydrogen) atoms. The van der Waals surface area contributed by atoms with Gasteiger partial charge in [0.2, 0.25) is 0 Å². The lowest BCUT2D eigenvalue weighted by Gasteiger charge is -2.04. The zero-order valence-corrected chi connectivity index (χ0v) is 8.06. The van der Waals surface area contributed by atoms with Crippen molar-refractivity contribution >= 4 is 34.7 Å². The van der Waals surface area contributed by atoms with Crippen molar-refractivity contribution in [3.05, 3.63) is 22.7 Å². The van der Waals surface area contributed by atoms with Gasteiger partial charge in [-0.15, -0.1) is 11.6 Å². The summed E-state index contributed by atoms with van der Waals surface area (Å²) in [6.45, 7) is 0. The van der Waals surface area contributed by atoms with Crippen molar-refractivity contribution in [1.82, 2.24) is 0 Å². The van der Waals surface area contributed by atoms with Crippen LogP contribution in [0.1, 0.15) is 10.4 Å². The Morgan fingerprint density at radius 1 is 1.54 bits per heavy atom. The Morgan fingerprint density at radius 2 is 2.15 bits per heavy atom. The molecule has 5 heteroatoms. The maximum atomic E-state index is 11.2. The Bertz CT molecular complexity index is 352. The van der Waals surface area contributed by atoms with Gasteiger partial charge in [0, 0.05) is 11.6 Å². The van der Waals surface area contributed by atoms with E-state index in [-0.39, 0.29) is 33.7 Å². The number of carbonyl (C=O) groups excluding carboxylic acids is 1. The number of nitrogen functional groups attached to an aromatic ring is 1. The van der Waals surface area contributed by atoms with Gasteiger partial charge < -0.3 is 10.8 Å². The Hall–Kier alpha value is -0.930. The average molecular weight is 220 g/mol. The van der Waals surface area contributed by atoms with E-state index in [1.54, 1.807) is 0 Å². The van der Waals surface area contributed by atoms with E-state index in [1.807, 2.05) is 0 Å². The molecule has 0 atom stereocenters. The molecule has 0 fully saturated rings. The largest absolute Gasteiger partial charge is 0.508 e. The first-order valence-corrected chi connectivity index (χ1v) is 4.34. The molecule has 0 spiro atoms. The first-order valence-electron chi connectivity index (χ1n) is 3.43. The van der Waals surface area contributed by atoms with Crippen molar-refractivity contribution in [3.63, 3.8) is 0 Å². The van der Waals surface area contributed by atoms with Gasteiger partial charge in [-0.1, -0.05) is 11.6 Å². The fraction of sp³-hybridized carbons (Fsp3) is 0.125. The van der Waals surface area contributed by atoms with Gasteiger partial charge in [-0.2, -0.15) is 0 Å². The molecule has 70 valence electrons. The lowest BCUT2D eigenvalue weighted by atomic mass is 10.1. The molecule has 0 saturated heterocycles. The van der Waals surface area contributed by atoms with E-state index in [1.165, 1.54) is 12.1 Å². The molecule has 0 aliphatic carbocycles. The quantitative estimate of drug-likeness (QED) is 0.455. The summed E-state index contributed by atoms with van der Waals surface area (Å²) in [6, 6.07) is 2.51. The lowest BCUT2D eigenvalue weighted by Crippen LogP contribution is -2.02. The summed E-state index contributed by atoms with van der Waals surface area (Å²) in [4.78, 5) is 11.2. The minimum Gasteiger partial charge on any atom is -0.508 e. The highest BCUT2D eigenvalue weighted by molar-refractivity contribution is 6.39. The molecule has 1 aromatic carbocycles. The van der Waals surface area contributed by atoms with Gasteiger partial charge in [-0.3, -0.25) is 4.79 Å². The fourth-order valence-corrected chi connectivity index (χ4v) is 1.26. The van der Waals surface area contributed by atoms with Crippen LogP contribution in [0.15, 0.2) is 12.1 Å². The molecule has 3 nitrogen and oxygen atoms in total. The van der Waals surface area contributed by atoms with Crippen LogP contribution < -0.4 is 5.73 Å². The first-order chi connectivity index (χ1) is 6.06. The standard InChI is InChI=1S/C8H7Cl2NO2/c9-3-7(13)5-1-4(12)2-6(11)8(5)10/h1-2,12H,3,11H2. The van der Waals surface area contributed by atoms with Crippen molar-refractivity contribution in [3.8, 4) is 5.75 Å². The van der Waals surface area contributed by atoms with Crippen LogP contribution in [0.5, 0.6) is 5.75 Å². The van der Waals surface area contributed by atoms with Gasteiger partial charge in [0.1, 0.15) is 5.75 Å². The number of alkyl halides is 1. The molecule has 1 aromatic rings. The SMILES string of the molecule is Nc1cc(O)cc(C(=O)CCl)c1Cl. The Labute approximate surface area is 85.1 Å². The van der Waals surface area contributed by atoms with E-state index in [9.17, 15) is 4.79 Å². The van der Waals surface area contributed by atoms with E-state index in [4.69, 9.17) is 34.0 Å². The van der Waals surface area contributed by atoms with Crippen molar-refractivity contribution < 1.29 is 9.90 Å². The number of benzene rings is 1. The van der Waals surface area contributed by atoms with Crippen molar-refractivity contribution in [1.29, 1.82) is 0 Å². The molecule has 0 aromatic heterocycles. The zero-order valence-electron chi connectivity index (χ0n) is 6.55. The lowest BCUT2D eigenvalue weighted by molar-refractivity contribution is 0.102. The Morgan fingerprint density at radius 3 is 2.69 bits per heavy atom. The van der Waals surface area contributed by atoms with Crippen LogP contribution in [-0.4, -0.2) is 16.8 Å². The maximum absolute atomic E-state index is 11.2. The summed E-state index contributed by atoms with van der Waals surface area (Å²) in [5.74, 6) is -0.660. The summed E-state index contributed by atoms with van der Waals surface area (Å²) in [6.07, 6.45) is 0. The normalized spacial score (nSPS) is 10.0. The Kier molecular flexibility index (Phi) is 3.01.